The molecule has 150 valence electrons. The number of hydrogen-bond donors (Lipinski definition) is 1. The number of aromatic nitrogens is 1. The molecule has 1 aromatic heterocycles. The highest BCUT2D eigenvalue weighted by atomic mass is 19.1. The van der Waals surface area contributed by atoms with Gasteiger partial charge >= 0.3 is 0 Å². The predicted octanol–water partition coefficient (Wildman–Crippen LogP) is 3.49. The summed E-state index contributed by atoms with van der Waals surface area (Å²) in [4.78, 5) is 19.9. The Bertz CT molecular complexity index is 1000. The number of nitrogens with zero attached hydrogens (tertiary/aromatic N) is 2. The summed E-state index contributed by atoms with van der Waals surface area (Å²) in [6.07, 6.45) is 0. The lowest BCUT2D eigenvalue weighted by molar-refractivity contribution is 0.0332. The first-order chi connectivity index (χ1) is 14.1. The van der Waals surface area contributed by atoms with Crippen molar-refractivity contribution in [2.45, 2.75) is 13.0 Å². The van der Waals surface area contributed by atoms with Crippen molar-refractivity contribution in [2.24, 2.45) is 0 Å². The van der Waals surface area contributed by atoms with Crippen molar-refractivity contribution in [1.29, 1.82) is 0 Å². The zero-order chi connectivity index (χ0) is 20.2. The highest BCUT2D eigenvalue weighted by Gasteiger charge is 2.22. The topological polar surface area (TPSA) is 54.5 Å². The van der Waals surface area contributed by atoms with E-state index in [4.69, 9.17) is 4.74 Å². The van der Waals surface area contributed by atoms with Gasteiger partial charge in [0.25, 0.3) is 5.91 Å². The van der Waals surface area contributed by atoms with E-state index in [0.717, 1.165) is 24.0 Å². The SMILES string of the molecule is Cc1nc2cc(F)ccc2cc1C(=O)NC(CN1CCOCC1)c1ccccc1. The van der Waals surface area contributed by atoms with E-state index in [1.807, 2.05) is 30.3 Å². The Balaban J connectivity index is 1.59. The number of ether oxygens (including phenoxy) is 1. The van der Waals surface area contributed by atoms with Crippen molar-refractivity contribution in [3.8, 4) is 0 Å². The van der Waals surface area contributed by atoms with Gasteiger partial charge in [-0.1, -0.05) is 30.3 Å². The van der Waals surface area contributed by atoms with Gasteiger partial charge < -0.3 is 10.1 Å². The number of benzene rings is 2. The minimum absolute atomic E-state index is 0.148. The van der Waals surface area contributed by atoms with Crippen LogP contribution < -0.4 is 5.32 Å². The number of nitrogens with one attached hydrogen (secondary N) is 1. The molecule has 0 radical (unpaired) electrons. The van der Waals surface area contributed by atoms with Gasteiger partial charge in [-0.25, -0.2) is 4.39 Å². The van der Waals surface area contributed by atoms with E-state index in [0.29, 0.717) is 36.5 Å². The van der Waals surface area contributed by atoms with Gasteiger partial charge in [0.1, 0.15) is 5.82 Å². The molecule has 1 aliphatic heterocycles. The summed E-state index contributed by atoms with van der Waals surface area (Å²) in [6.45, 7) is 5.60. The molecule has 0 aliphatic carbocycles. The number of carbonyl (C=O) groups is 1. The fourth-order valence-electron chi connectivity index (χ4n) is 3.66. The Morgan fingerprint density at radius 1 is 1.17 bits per heavy atom. The molecule has 1 amide bonds. The van der Waals surface area contributed by atoms with Gasteiger partial charge in [0.2, 0.25) is 0 Å². The molecule has 3 aromatic rings. The molecule has 1 fully saturated rings. The van der Waals surface area contributed by atoms with Crippen LogP contribution >= 0.6 is 0 Å². The molecule has 5 nitrogen and oxygen atoms in total. The van der Waals surface area contributed by atoms with E-state index in [1.165, 1.54) is 12.1 Å². The number of aryl methyl sites for hydroxylation is 1. The standard InChI is InChI=1S/C23H24FN3O2/c1-16-20(13-18-7-8-19(24)14-21(18)25-16)23(28)26-22(17-5-3-2-4-6-17)15-27-9-11-29-12-10-27/h2-8,13-14,22H,9-12,15H2,1H3,(H,26,28). The number of carbonyl (C=O) groups excluding carboxylic acids is 1. The minimum atomic E-state index is -0.337. The first-order valence-electron chi connectivity index (χ1n) is 9.83. The third-order valence-electron chi connectivity index (χ3n) is 5.27. The van der Waals surface area contributed by atoms with Gasteiger partial charge in [-0.05, 0) is 30.7 Å². The van der Waals surface area contributed by atoms with Crippen LogP contribution in [0.15, 0.2) is 54.6 Å². The summed E-state index contributed by atoms with van der Waals surface area (Å²) in [5.74, 6) is -0.514. The molecule has 2 aromatic carbocycles. The molecule has 1 N–H and O–H groups in total. The second kappa shape index (κ2) is 8.68. The van der Waals surface area contributed by atoms with Crippen LogP contribution in [-0.2, 0) is 4.74 Å². The van der Waals surface area contributed by atoms with Crippen LogP contribution in [0.1, 0.15) is 27.7 Å². The average Bonchev–Trinajstić information content (AvgIpc) is 2.74. The van der Waals surface area contributed by atoms with Crippen molar-refractivity contribution >= 4 is 16.8 Å². The number of fused-ring (bicyclic) bond motifs is 1. The van der Waals surface area contributed by atoms with E-state index in [2.05, 4.69) is 15.2 Å². The fraction of sp³-hybridized carbons (Fsp3) is 0.304. The fourth-order valence-corrected chi connectivity index (χ4v) is 3.66. The van der Waals surface area contributed by atoms with Gasteiger partial charge in [0.05, 0.1) is 36.0 Å². The average molecular weight is 393 g/mol. The molecular formula is C23H24FN3O2. The van der Waals surface area contributed by atoms with Gasteiger partial charge in [0.15, 0.2) is 0 Å². The summed E-state index contributed by atoms with van der Waals surface area (Å²) in [5.41, 5.74) is 2.69. The summed E-state index contributed by atoms with van der Waals surface area (Å²) >= 11 is 0. The lowest BCUT2D eigenvalue weighted by atomic mass is 10.0. The van der Waals surface area contributed by atoms with Crippen LogP contribution in [0, 0.1) is 12.7 Å². The van der Waals surface area contributed by atoms with Crippen molar-refractivity contribution in [2.75, 3.05) is 32.8 Å². The largest absolute Gasteiger partial charge is 0.379 e. The van der Waals surface area contributed by atoms with Crippen LogP contribution in [-0.4, -0.2) is 48.6 Å². The van der Waals surface area contributed by atoms with Crippen LogP contribution in [0.2, 0.25) is 0 Å². The third kappa shape index (κ3) is 4.60. The number of hydrogen-bond acceptors (Lipinski definition) is 4. The molecule has 0 spiro atoms. The molecule has 6 heteroatoms. The summed E-state index contributed by atoms with van der Waals surface area (Å²) < 4.78 is 18.9. The number of pyridine rings is 1. The Hall–Kier alpha value is -2.83. The molecule has 4 rings (SSSR count). The highest BCUT2D eigenvalue weighted by Crippen LogP contribution is 2.20. The molecule has 29 heavy (non-hydrogen) atoms. The Morgan fingerprint density at radius 3 is 2.69 bits per heavy atom. The number of morpholine rings is 1. The molecule has 0 saturated carbocycles. The van der Waals surface area contributed by atoms with Crippen molar-refractivity contribution in [1.82, 2.24) is 15.2 Å². The second-order valence-electron chi connectivity index (χ2n) is 7.31. The molecule has 2 heterocycles. The van der Waals surface area contributed by atoms with Crippen molar-refractivity contribution < 1.29 is 13.9 Å². The molecular weight excluding hydrogens is 369 g/mol. The van der Waals surface area contributed by atoms with E-state index in [9.17, 15) is 9.18 Å². The van der Waals surface area contributed by atoms with Crippen LogP contribution in [0.25, 0.3) is 10.9 Å². The monoisotopic (exact) mass is 393 g/mol. The van der Waals surface area contributed by atoms with E-state index < -0.39 is 0 Å². The van der Waals surface area contributed by atoms with Crippen LogP contribution in [0.5, 0.6) is 0 Å². The molecule has 1 saturated heterocycles. The van der Waals surface area contributed by atoms with Gasteiger partial charge in [-0.3, -0.25) is 14.7 Å². The Labute approximate surface area is 169 Å². The van der Waals surface area contributed by atoms with Crippen molar-refractivity contribution in [3.05, 3.63) is 77.2 Å². The first kappa shape index (κ1) is 19.5. The zero-order valence-corrected chi connectivity index (χ0v) is 16.4. The van der Waals surface area contributed by atoms with E-state index in [-0.39, 0.29) is 17.8 Å². The first-order valence-corrected chi connectivity index (χ1v) is 9.83. The Morgan fingerprint density at radius 2 is 1.93 bits per heavy atom. The second-order valence-corrected chi connectivity index (χ2v) is 7.31. The Kier molecular flexibility index (Phi) is 5.83. The smallest absolute Gasteiger partial charge is 0.253 e. The van der Waals surface area contributed by atoms with Gasteiger partial charge in [-0.15, -0.1) is 0 Å². The van der Waals surface area contributed by atoms with Gasteiger partial charge in [-0.2, -0.15) is 0 Å². The zero-order valence-electron chi connectivity index (χ0n) is 16.4. The molecule has 1 unspecified atom stereocenters. The number of halogens is 1. The van der Waals surface area contributed by atoms with Crippen LogP contribution in [0.3, 0.4) is 0 Å². The summed E-state index contributed by atoms with van der Waals surface area (Å²) in [6, 6.07) is 16.0. The van der Waals surface area contributed by atoms with Crippen LogP contribution in [0.4, 0.5) is 4.39 Å². The van der Waals surface area contributed by atoms with Gasteiger partial charge in [0, 0.05) is 31.1 Å². The van der Waals surface area contributed by atoms with E-state index in [1.54, 1.807) is 19.1 Å². The lowest BCUT2D eigenvalue weighted by Gasteiger charge is -2.31. The number of rotatable bonds is 5. The van der Waals surface area contributed by atoms with E-state index >= 15 is 0 Å². The normalized spacial score (nSPS) is 15.9. The number of amides is 1. The lowest BCUT2D eigenvalue weighted by Crippen LogP contribution is -2.43. The maximum Gasteiger partial charge on any atom is 0.253 e. The predicted molar refractivity (Wildman–Crippen MR) is 110 cm³/mol. The maximum absolute atomic E-state index is 13.5. The summed E-state index contributed by atoms with van der Waals surface area (Å²) in [5, 5.41) is 3.92. The molecule has 1 aliphatic rings. The van der Waals surface area contributed by atoms with Crippen molar-refractivity contribution in [3.63, 3.8) is 0 Å². The quantitative estimate of drug-likeness (QED) is 0.721. The third-order valence-corrected chi connectivity index (χ3v) is 5.27. The highest BCUT2D eigenvalue weighted by molar-refractivity contribution is 5.98. The summed E-state index contributed by atoms with van der Waals surface area (Å²) in [7, 11) is 0. The molecule has 1 atom stereocenters. The maximum atomic E-state index is 13.5. The molecule has 0 bridgehead atoms. The minimum Gasteiger partial charge on any atom is -0.379 e.